The van der Waals surface area contributed by atoms with E-state index in [9.17, 15) is 22.8 Å². The number of alkyl halides is 3. The lowest BCUT2D eigenvalue weighted by molar-refractivity contribution is -0.138. The van der Waals surface area contributed by atoms with Gasteiger partial charge >= 0.3 is 6.18 Å². The summed E-state index contributed by atoms with van der Waals surface area (Å²) >= 11 is 0. The topological polar surface area (TPSA) is 138 Å². The molecule has 15 heteroatoms. The summed E-state index contributed by atoms with van der Waals surface area (Å²) in [4.78, 5) is 34.5. The number of anilines is 2. The summed E-state index contributed by atoms with van der Waals surface area (Å²) in [5, 5.41) is 10.7. The molecule has 1 fully saturated rings. The van der Waals surface area contributed by atoms with Crippen LogP contribution in [0.3, 0.4) is 0 Å². The fourth-order valence-electron chi connectivity index (χ4n) is 4.84. The number of aldehydes is 1. The standard InChI is InChI=1S/C29H30F3N7O5/c1-18(35-23-12-34-39(28(41)26(23)29(30,31)32)13-19-3-6-22(42-2)7-4-19)16-43-17-25-36-27(37-44-25)21-9-10-38(14-21)24-8-5-20(15-40)11-33-24/h3-8,11-12,15,18,21,35H,9-10,13-14,16-17H2,1-2H3. The number of nitrogens with zero attached hydrogens (tertiary/aromatic N) is 6. The van der Waals surface area contributed by atoms with E-state index in [-0.39, 0.29) is 31.6 Å². The molecule has 1 saturated heterocycles. The number of ether oxygens (including phenoxy) is 2. The number of benzene rings is 1. The molecule has 5 rings (SSSR count). The van der Waals surface area contributed by atoms with Crippen molar-refractivity contribution in [2.24, 2.45) is 0 Å². The first-order chi connectivity index (χ1) is 21.1. The van der Waals surface area contributed by atoms with Gasteiger partial charge in [-0.15, -0.1) is 0 Å². The summed E-state index contributed by atoms with van der Waals surface area (Å²) in [6.07, 6.45) is -0.870. The second-order valence-electron chi connectivity index (χ2n) is 10.3. The van der Waals surface area contributed by atoms with Gasteiger partial charge in [0.1, 0.15) is 23.7 Å². The van der Waals surface area contributed by atoms with Crippen LogP contribution in [0.2, 0.25) is 0 Å². The SMILES string of the molecule is COc1ccc(Cn2ncc(NC(C)COCc3nc(C4CCN(c5ccc(C=O)cn5)C4)no3)c(C(F)(F)F)c2=O)cc1. The van der Waals surface area contributed by atoms with Gasteiger partial charge in [0.25, 0.3) is 11.4 Å². The van der Waals surface area contributed by atoms with Crippen LogP contribution in [0, 0.1) is 0 Å². The molecule has 1 aromatic carbocycles. The lowest BCUT2D eigenvalue weighted by atomic mass is 10.1. The molecular formula is C29H30F3N7O5. The van der Waals surface area contributed by atoms with E-state index < -0.39 is 29.0 Å². The molecule has 4 aromatic rings. The van der Waals surface area contributed by atoms with Crippen molar-refractivity contribution in [1.29, 1.82) is 0 Å². The fraction of sp³-hybridized carbons (Fsp3) is 0.379. The van der Waals surface area contributed by atoms with Crippen molar-refractivity contribution < 1.29 is 32.0 Å². The minimum atomic E-state index is -4.91. The summed E-state index contributed by atoms with van der Waals surface area (Å²) in [7, 11) is 1.50. The molecule has 0 bridgehead atoms. The Morgan fingerprint density at radius 1 is 1.18 bits per heavy atom. The third-order valence-electron chi connectivity index (χ3n) is 7.08. The molecule has 2 atom stereocenters. The highest BCUT2D eigenvalue weighted by molar-refractivity contribution is 5.74. The van der Waals surface area contributed by atoms with Crippen LogP contribution >= 0.6 is 0 Å². The number of aromatic nitrogens is 5. The summed E-state index contributed by atoms with van der Waals surface area (Å²) in [5.41, 5.74) is -1.94. The van der Waals surface area contributed by atoms with Gasteiger partial charge in [-0.1, -0.05) is 17.3 Å². The van der Waals surface area contributed by atoms with Crippen LogP contribution in [0.4, 0.5) is 24.7 Å². The Balaban J connectivity index is 1.15. The lowest BCUT2D eigenvalue weighted by Gasteiger charge is -2.19. The number of nitrogens with one attached hydrogen (secondary N) is 1. The Bertz CT molecular complexity index is 1620. The molecule has 44 heavy (non-hydrogen) atoms. The summed E-state index contributed by atoms with van der Waals surface area (Å²) in [5.74, 6) is 2.11. The molecule has 1 aliphatic rings. The number of halogens is 3. The van der Waals surface area contributed by atoms with Crippen molar-refractivity contribution in [2.75, 3.05) is 37.0 Å². The smallest absolute Gasteiger partial charge is 0.423 e. The van der Waals surface area contributed by atoms with Crippen LogP contribution in [0.25, 0.3) is 0 Å². The van der Waals surface area contributed by atoms with E-state index in [1.54, 1.807) is 43.3 Å². The van der Waals surface area contributed by atoms with E-state index in [0.717, 1.165) is 35.9 Å². The molecule has 232 valence electrons. The maximum atomic E-state index is 14.0. The van der Waals surface area contributed by atoms with Gasteiger partial charge < -0.3 is 24.2 Å². The van der Waals surface area contributed by atoms with Crippen molar-refractivity contribution in [3.8, 4) is 5.75 Å². The first-order valence-corrected chi connectivity index (χ1v) is 13.8. The average molecular weight is 614 g/mol. The zero-order chi connectivity index (χ0) is 31.3. The monoisotopic (exact) mass is 613 g/mol. The van der Waals surface area contributed by atoms with Gasteiger partial charge in [0, 0.05) is 36.8 Å². The first-order valence-electron chi connectivity index (χ1n) is 13.8. The second kappa shape index (κ2) is 13.2. The summed E-state index contributed by atoms with van der Waals surface area (Å²) in [6.45, 7) is 2.79. The highest BCUT2D eigenvalue weighted by Gasteiger charge is 2.38. The van der Waals surface area contributed by atoms with E-state index in [1.807, 2.05) is 0 Å². The van der Waals surface area contributed by atoms with E-state index in [1.165, 1.54) is 13.3 Å². The van der Waals surface area contributed by atoms with Crippen LogP contribution < -0.4 is 20.5 Å². The second-order valence-corrected chi connectivity index (χ2v) is 10.3. The van der Waals surface area contributed by atoms with Crippen molar-refractivity contribution in [2.45, 2.75) is 44.6 Å². The molecule has 2 unspecified atom stereocenters. The number of carbonyl (C=O) groups excluding carboxylic acids is 1. The molecule has 1 aliphatic heterocycles. The van der Waals surface area contributed by atoms with Gasteiger partial charge in [0.2, 0.25) is 0 Å². The molecule has 12 nitrogen and oxygen atoms in total. The van der Waals surface area contributed by atoms with E-state index in [2.05, 4.69) is 30.4 Å². The van der Waals surface area contributed by atoms with E-state index >= 15 is 0 Å². The van der Waals surface area contributed by atoms with Crippen LogP contribution in [-0.4, -0.2) is 64.0 Å². The van der Waals surface area contributed by atoms with Crippen LogP contribution in [0.15, 0.2) is 58.1 Å². The highest BCUT2D eigenvalue weighted by atomic mass is 19.4. The number of methoxy groups -OCH3 is 1. The third kappa shape index (κ3) is 7.22. The predicted octanol–water partition coefficient (Wildman–Crippen LogP) is 3.92. The molecule has 1 N–H and O–H groups in total. The minimum Gasteiger partial charge on any atom is -0.497 e. The number of pyridine rings is 1. The molecule has 0 saturated carbocycles. The molecule has 4 heterocycles. The number of rotatable bonds is 12. The van der Waals surface area contributed by atoms with Crippen molar-refractivity contribution in [3.63, 3.8) is 0 Å². The van der Waals surface area contributed by atoms with Crippen molar-refractivity contribution >= 4 is 17.8 Å². The highest BCUT2D eigenvalue weighted by Crippen LogP contribution is 2.32. The molecular weight excluding hydrogens is 583 g/mol. The third-order valence-corrected chi connectivity index (χ3v) is 7.08. The van der Waals surface area contributed by atoms with Gasteiger partial charge in [-0.05, 0) is 43.2 Å². The van der Waals surface area contributed by atoms with Gasteiger partial charge in [0.15, 0.2) is 12.1 Å². The maximum absolute atomic E-state index is 14.0. The van der Waals surface area contributed by atoms with Gasteiger partial charge in [-0.2, -0.15) is 23.3 Å². The minimum absolute atomic E-state index is 0.0103. The van der Waals surface area contributed by atoms with E-state index in [0.29, 0.717) is 29.2 Å². The van der Waals surface area contributed by atoms with Gasteiger partial charge in [-0.25, -0.2) is 9.67 Å². The van der Waals surface area contributed by atoms with Crippen LogP contribution in [-0.2, 0) is 24.1 Å². The Kier molecular flexibility index (Phi) is 9.23. The summed E-state index contributed by atoms with van der Waals surface area (Å²) < 4.78 is 58.7. The van der Waals surface area contributed by atoms with Crippen molar-refractivity contribution in [3.05, 3.63) is 87.6 Å². The Morgan fingerprint density at radius 3 is 2.66 bits per heavy atom. The Morgan fingerprint density at radius 2 is 1.98 bits per heavy atom. The number of carbonyl (C=O) groups is 1. The van der Waals surface area contributed by atoms with Crippen LogP contribution in [0.5, 0.6) is 5.75 Å². The predicted molar refractivity (Wildman–Crippen MR) is 152 cm³/mol. The summed E-state index contributed by atoms with van der Waals surface area (Å²) in [6, 6.07) is 9.48. The Hall–Kier alpha value is -4.79. The first kappa shape index (κ1) is 30.7. The van der Waals surface area contributed by atoms with Crippen molar-refractivity contribution in [1.82, 2.24) is 24.9 Å². The van der Waals surface area contributed by atoms with Gasteiger partial charge in [-0.3, -0.25) is 9.59 Å². The maximum Gasteiger partial charge on any atom is 0.423 e. The molecule has 0 radical (unpaired) electrons. The normalized spacial score (nSPS) is 15.8. The zero-order valence-corrected chi connectivity index (χ0v) is 24.0. The number of hydrogen-bond acceptors (Lipinski definition) is 11. The Labute approximate surface area is 249 Å². The molecule has 0 spiro atoms. The average Bonchev–Trinajstić information content (AvgIpc) is 3.69. The zero-order valence-electron chi connectivity index (χ0n) is 24.0. The van der Waals surface area contributed by atoms with Gasteiger partial charge in [0.05, 0.1) is 32.1 Å². The van der Waals surface area contributed by atoms with E-state index in [4.69, 9.17) is 14.0 Å². The molecule has 0 aliphatic carbocycles. The largest absolute Gasteiger partial charge is 0.497 e. The van der Waals surface area contributed by atoms with Crippen LogP contribution in [0.1, 0.15) is 52.5 Å². The quantitative estimate of drug-likeness (QED) is 0.233. The molecule has 0 amide bonds. The lowest BCUT2D eigenvalue weighted by Crippen LogP contribution is -2.34. The molecule has 3 aromatic heterocycles. The number of hydrogen-bond donors (Lipinski definition) is 1. The fourth-order valence-corrected chi connectivity index (χ4v) is 4.84.